The topological polar surface area (TPSA) is 38.7 Å². The summed E-state index contributed by atoms with van der Waals surface area (Å²) >= 11 is 0. The van der Waals surface area contributed by atoms with Gasteiger partial charge in [-0.25, -0.2) is 0 Å². The Bertz CT molecular complexity index is 593. The summed E-state index contributed by atoms with van der Waals surface area (Å²) in [6.45, 7) is 4.81. The molecule has 0 aromatic heterocycles. The van der Waals surface area contributed by atoms with Gasteiger partial charge in [0.25, 0.3) is 0 Å². The third-order valence-corrected chi connectivity index (χ3v) is 3.83. The van der Waals surface area contributed by atoms with E-state index in [-0.39, 0.29) is 0 Å². The van der Waals surface area contributed by atoms with Gasteiger partial charge in [-0.15, -0.1) is 0 Å². The van der Waals surface area contributed by atoms with E-state index < -0.39 is 6.10 Å². The highest BCUT2D eigenvalue weighted by molar-refractivity contribution is 5.43. The molecule has 0 aliphatic rings. The van der Waals surface area contributed by atoms with Gasteiger partial charge in [-0.05, 0) is 42.0 Å². The predicted octanol–water partition coefficient (Wildman–Crippen LogP) is 4.74. The van der Waals surface area contributed by atoms with Crippen LogP contribution in [0.3, 0.4) is 0 Å². The number of hydrogen-bond donors (Lipinski definition) is 1. The molecule has 2 aromatic rings. The average Bonchev–Trinajstić information content (AvgIpc) is 2.58. The lowest BCUT2D eigenvalue weighted by Gasteiger charge is -2.16. The molecule has 0 aliphatic carbocycles. The average molecular weight is 314 g/mol. The molecule has 0 aliphatic heterocycles. The van der Waals surface area contributed by atoms with E-state index in [0.717, 1.165) is 24.0 Å². The van der Waals surface area contributed by atoms with Crippen molar-refractivity contribution in [2.45, 2.75) is 39.4 Å². The fourth-order valence-corrected chi connectivity index (χ4v) is 2.40. The number of aliphatic hydroxyl groups is 1. The second-order valence-corrected chi connectivity index (χ2v) is 6.17. The van der Waals surface area contributed by atoms with E-state index in [1.54, 1.807) is 7.11 Å². The first-order valence-corrected chi connectivity index (χ1v) is 8.13. The van der Waals surface area contributed by atoms with Gasteiger partial charge in [0.1, 0.15) is 6.61 Å². The molecule has 23 heavy (non-hydrogen) atoms. The van der Waals surface area contributed by atoms with E-state index in [0.29, 0.717) is 24.0 Å². The van der Waals surface area contributed by atoms with Crippen LogP contribution in [0.5, 0.6) is 11.5 Å². The molecule has 1 N–H and O–H groups in total. The van der Waals surface area contributed by atoms with Crippen LogP contribution in [0.2, 0.25) is 0 Å². The summed E-state index contributed by atoms with van der Waals surface area (Å²) in [7, 11) is 1.62. The second-order valence-electron chi connectivity index (χ2n) is 6.17. The Morgan fingerprint density at radius 1 is 0.957 bits per heavy atom. The normalized spacial score (nSPS) is 12.2. The summed E-state index contributed by atoms with van der Waals surface area (Å²) in [6, 6.07) is 15.7. The van der Waals surface area contributed by atoms with Gasteiger partial charge < -0.3 is 14.6 Å². The molecule has 0 bridgehead atoms. The highest BCUT2D eigenvalue weighted by atomic mass is 16.5. The monoisotopic (exact) mass is 314 g/mol. The summed E-state index contributed by atoms with van der Waals surface area (Å²) in [5.74, 6) is 1.93. The minimum absolute atomic E-state index is 0.463. The van der Waals surface area contributed by atoms with E-state index in [2.05, 4.69) is 13.8 Å². The first-order chi connectivity index (χ1) is 11.1. The summed E-state index contributed by atoms with van der Waals surface area (Å²) in [5.41, 5.74) is 1.98. The van der Waals surface area contributed by atoms with E-state index in [9.17, 15) is 5.11 Å². The molecule has 1 atom stereocenters. The molecule has 2 aromatic carbocycles. The molecule has 3 heteroatoms. The first kappa shape index (κ1) is 17.4. The number of rotatable bonds is 8. The maximum atomic E-state index is 10.3. The van der Waals surface area contributed by atoms with E-state index in [1.165, 1.54) is 0 Å². The Morgan fingerprint density at radius 2 is 1.70 bits per heavy atom. The molecule has 0 radical (unpaired) electrons. The standard InChI is InChI=1S/C20H26O3/c1-15(2)9-11-18(21)17-10-12-19(20(13-17)22-3)23-14-16-7-5-4-6-8-16/h4-8,10,12-13,15,18,21H,9,11,14H2,1-3H3. The summed E-state index contributed by atoms with van der Waals surface area (Å²) in [5, 5.41) is 10.3. The van der Waals surface area contributed by atoms with Crippen LogP contribution < -0.4 is 9.47 Å². The molecular formula is C20H26O3. The molecule has 2 rings (SSSR count). The Kier molecular flexibility index (Phi) is 6.48. The van der Waals surface area contributed by atoms with Crippen molar-refractivity contribution in [1.29, 1.82) is 0 Å². The van der Waals surface area contributed by atoms with E-state index in [1.807, 2.05) is 48.5 Å². The Balaban J connectivity index is 2.04. The van der Waals surface area contributed by atoms with Gasteiger partial charge in [0.2, 0.25) is 0 Å². The molecule has 124 valence electrons. The first-order valence-electron chi connectivity index (χ1n) is 8.13. The summed E-state index contributed by atoms with van der Waals surface area (Å²) < 4.78 is 11.3. The number of ether oxygens (including phenoxy) is 2. The van der Waals surface area contributed by atoms with E-state index in [4.69, 9.17) is 9.47 Å². The van der Waals surface area contributed by atoms with Gasteiger partial charge in [-0.1, -0.05) is 50.2 Å². The Morgan fingerprint density at radius 3 is 2.35 bits per heavy atom. The van der Waals surface area contributed by atoms with Crippen LogP contribution in [-0.2, 0) is 6.61 Å². The van der Waals surface area contributed by atoms with Crippen molar-refractivity contribution in [2.24, 2.45) is 5.92 Å². The maximum absolute atomic E-state index is 10.3. The van der Waals surface area contributed by atoms with Crippen LogP contribution in [0, 0.1) is 5.92 Å². The second kappa shape index (κ2) is 8.59. The van der Waals surface area contributed by atoms with Crippen LogP contribution in [0.1, 0.15) is 43.9 Å². The van der Waals surface area contributed by atoms with Crippen molar-refractivity contribution in [3.8, 4) is 11.5 Å². The van der Waals surface area contributed by atoms with Crippen LogP contribution in [0.25, 0.3) is 0 Å². The zero-order chi connectivity index (χ0) is 16.7. The lowest BCUT2D eigenvalue weighted by Crippen LogP contribution is -2.02. The quantitative estimate of drug-likeness (QED) is 0.764. The fourth-order valence-electron chi connectivity index (χ4n) is 2.40. The number of methoxy groups -OCH3 is 1. The molecule has 0 spiro atoms. The summed E-state index contributed by atoms with van der Waals surface area (Å²) in [6.07, 6.45) is 1.29. The Hall–Kier alpha value is -2.00. The predicted molar refractivity (Wildman–Crippen MR) is 92.8 cm³/mol. The smallest absolute Gasteiger partial charge is 0.161 e. The minimum atomic E-state index is -0.463. The van der Waals surface area contributed by atoms with Crippen molar-refractivity contribution in [3.05, 3.63) is 59.7 Å². The largest absolute Gasteiger partial charge is 0.493 e. The van der Waals surface area contributed by atoms with Crippen molar-refractivity contribution < 1.29 is 14.6 Å². The van der Waals surface area contributed by atoms with Gasteiger partial charge in [0.15, 0.2) is 11.5 Å². The molecule has 0 heterocycles. The molecule has 3 nitrogen and oxygen atoms in total. The maximum Gasteiger partial charge on any atom is 0.161 e. The van der Waals surface area contributed by atoms with Gasteiger partial charge in [0.05, 0.1) is 13.2 Å². The number of hydrogen-bond acceptors (Lipinski definition) is 3. The van der Waals surface area contributed by atoms with Crippen molar-refractivity contribution in [2.75, 3.05) is 7.11 Å². The van der Waals surface area contributed by atoms with Gasteiger partial charge in [-0.2, -0.15) is 0 Å². The lowest BCUT2D eigenvalue weighted by molar-refractivity contribution is 0.158. The van der Waals surface area contributed by atoms with Crippen molar-refractivity contribution >= 4 is 0 Å². The fraction of sp³-hybridized carbons (Fsp3) is 0.400. The molecule has 0 amide bonds. The van der Waals surface area contributed by atoms with Gasteiger partial charge in [0, 0.05) is 0 Å². The highest BCUT2D eigenvalue weighted by Crippen LogP contribution is 2.32. The summed E-state index contributed by atoms with van der Waals surface area (Å²) in [4.78, 5) is 0. The van der Waals surface area contributed by atoms with Crippen molar-refractivity contribution in [1.82, 2.24) is 0 Å². The number of aliphatic hydroxyl groups excluding tert-OH is 1. The molecule has 1 unspecified atom stereocenters. The van der Waals surface area contributed by atoms with Crippen LogP contribution in [0.4, 0.5) is 0 Å². The molecular weight excluding hydrogens is 288 g/mol. The molecule has 0 saturated heterocycles. The molecule has 0 saturated carbocycles. The van der Waals surface area contributed by atoms with Crippen LogP contribution in [-0.4, -0.2) is 12.2 Å². The zero-order valence-electron chi connectivity index (χ0n) is 14.2. The zero-order valence-corrected chi connectivity index (χ0v) is 14.2. The van der Waals surface area contributed by atoms with Gasteiger partial charge >= 0.3 is 0 Å². The minimum Gasteiger partial charge on any atom is -0.493 e. The SMILES string of the molecule is COc1cc(C(O)CCC(C)C)ccc1OCc1ccccc1. The number of benzene rings is 2. The molecule has 0 fully saturated rings. The third kappa shape index (κ3) is 5.29. The van der Waals surface area contributed by atoms with Gasteiger partial charge in [-0.3, -0.25) is 0 Å². The van der Waals surface area contributed by atoms with Crippen LogP contribution >= 0.6 is 0 Å². The van der Waals surface area contributed by atoms with Crippen LogP contribution in [0.15, 0.2) is 48.5 Å². The van der Waals surface area contributed by atoms with E-state index >= 15 is 0 Å². The van der Waals surface area contributed by atoms with Crippen molar-refractivity contribution in [3.63, 3.8) is 0 Å². The highest BCUT2D eigenvalue weighted by Gasteiger charge is 2.13. The third-order valence-electron chi connectivity index (χ3n) is 3.83. The Labute approximate surface area is 138 Å². The lowest BCUT2D eigenvalue weighted by atomic mass is 9.99.